The highest BCUT2D eigenvalue weighted by Gasteiger charge is 2.27. The van der Waals surface area contributed by atoms with Gasteiger partial charge in [0.2, 0.25) is 0 Å². The van der Waals surface area contributed by atoms with Gasteiger partial charge in [-0.2, -0.15) is 0 Å². The predicted octanol–water partition coefficient (Wildman–Crippen LogP) is 4.61. The molecule has 1 N–H and O–H groups in total. The normalized spacial score (nSPS) is 20.6. The van der Waals surface area contributed by atoms with Crippen molar-refractivity contribution in [3.63, 3.8) is 0 Å². The Bertz CT molecular complexity index is 536. The maximum absolute atomic E-state index is 9.92. The molecule has 1 aromatic rings. The molecule has 19 heavy (non-hydrogen) atoms. The molecule has 0 radical (unpaired) electrons. The average Bonchev–Trinajstić information content (AvgIpc) is 2.26. The van der Waals surface area contributed by atoms with Gasteiger partial charge in [-0.05, 0) is 70.4 Å². The molecule has 2 nitrogen and oxygen atoms in total. The number of hydrogen-bond acceptors (Lipinski definition) is 2. The summed E-state index contributed by atoms with van der Waals surface area (Å²) in [5.41, 5.74) is 2.83. The smallest absolute Gasteiger partial charge is 0.131 e. The van der Waals surface area contributed by atoms with Gasteiger partial charge >= 0.3 is 0 Å². The molecule has 102 valence electrons. The molecule has 0 fully saturated rings. The van der Waals surface area contributed by atoms with Crippen molar-refractivity contribution in [2.24, 2.45) is 0 Å². The lowest BCUT2D eigenvalue weighted by atomic mass is 9.94. The van der Waals surface area contributed by atoms with E-state index in [1.165, 1.54) is 5.57 Å². The summed E-state index contributed by atoms with van der Waals surface area (Å²) in [7, 11) is 0. The van der Waals surface area contributed by atoms with Crippen molar-refractivity contribution in [2.45, 2.75) is 46.1 Å². The Hall–Kier alpha value is -1.70. The lowest BCUT2D eigenvalue weighted by Gasteiger charge is -2.32. The van der Waals surface area contributed by atoms with E-state index in [-0.39, 0.29) is 11.4 Å². The molecule has 0 bridgehead atoms. The van der Waals surface area contributed by atoms with E-state index in [4.69, 9.17) is 4.74 Å². The first-order valence-corrected chi connectivity index (χ1v) is 6.75. The quantitative estimate of drug-likeness (QED) is 0.802. The predicted molar refractivity (Wildman–Crippen MR) is 79.6 cm³/mol. The van der Waals surface area contributed by atoms with Crippen LogP contribution >= 0.6 is 0 Å². The molecular weight excluding hydrogens is 236 g/mol. The Labute approximate surface area is 115 Å². The third-order valence-corrected chi connectivity index (χ3v) is 3.40. The Morgan fingerprint density at radius 1 is 1.37 bits per heavy atom. The second-order valence-corrected chi connectivity index (χ2v) is 5.76. The van der Waals surface area contributed by atoms with Crippen LogP contribution in [-0.4, -0.2) is 10.7 Å². The molecule has 1 unspecified atom stereocenters. The molecule has 0 aromatic heterocycles. The maximum atomic E-state index is 9.92. The van der Waals surface area contributed by atoms with Crippen molar-refractivity contribution in [2.75, 3.05) is 0 Å². The van der Waals surface area contributed by atoms with Crippen LogP contribution in [0.3, 0.4) is 0 Å². The number of benzene rings is 1. The van der Waals surface area contributed by atoms with E-state index in [9.17, 15) is 5.11 Å². The molecule has 2 rings (SSSR count). The average molecular weight is 258 g/mol. The molecule has 0 saturated carbocycles. The number of phenols is 1. The minimum absolute atomic E-state index is 0.289. The molecule has 0 spiro atoms. The molecule has 1 aliphatic rings. The number of fused-ring (bicyclic) bond motifs is 1. The van der Waals surface area contributed by atoms with Crippen molar-refractivity contribution in [1.29, 1.82) is 0 Å². The van der Waals surface area contributed by atoms with Crippen LogP contribution in [0.1, 0.15) is 44.7 Å². The molecule has 1 aromatic carbocycles. The van der Waals surface area contributed by atoms with Crippen molar-refractivity contribution < 1.29 is 9.84 Å². The zero-order valence-corrected chi connectivity index (χ0v) is 12.2. The summed E-state index contributed by atoms with van der Waals surface area (Å²) in [6.45, 7) is 8.26. The van der Waals surface area contributed by atoms with Gasteiger partial charge in [0.15, 0.2) is 0 Å². The van der Waals surface area contributed by atoms with Crippen molar-refractivity contribution in [3.05, 3.63) is 41.0 Å². The fourth-order valence-corrected chi connectivity index (χ4v) is 2.32. The number of rotatable bonds is 3. The van der Waals surface area contributed by atoms with E-state index in [2.05, 4.69) is 26.8 Å². The van der Waals surface area contributed by atoms with Gasteiger partial charge < -0.3 is 9.84 Å². The van der Waals surface area contributed by atoms with Gasteiger partial charge in [-0.3, -0.25) is 0 Å². The van der Waals surface area contributed by atoms with Crippen LogP contribution in [0, 0.1) is 6.92 Å². The van der Waals surface area contributed by atoms with Crippen LogP contribution in [0.15, 0.2) is 29.9 Å². The number of ether oxygens (including phenoxy) is 1. The van der Waals surface area contributed by atoms with E-state index in [1.807, 2.05) is 25.1 Å². The highest BCUT2D eigenvalue weighted by Crippen LogP contribution is 2.38. The van der Waals surface area contributed by atoms with Crippen LogP contribution in [-0.2, 0) is 0 Å². The van der Waals surface area contributed by atoms with Crippen molar-refractivity contribution >= 4 is 6.08 Å². The number of allylic oxidation sites excluding steroid dienone is 2. The van der Waals surface area contributed by atoms with E-state index in [0.717, 1.165) is 29.7 Å². The zero-order chi connectivity index (χ0) is 14.0. The summed E-state index contributed by atoms with van der Waals surface area (Å²) in [5, 5.41) is 9.92. The first-order chi connectivity index (χ1) is 8.89. The molecule has 2 heteroatoms. The summed E-state index contributed by atoms with van der Waals surface area (Å²) >= 11 is 0. The first-order valence-electron chi connectivity index (χ1n) is 6.75. The maximum Gasteiger partial charge on any atom is 0.131 e. The first kappa shape index (κ1) is 13.7. The Morgan fingerprint density at radius 3 is 2.79 bits per heavy atom. The highest BCUT2D eigenvalue weighted by molar-refractivity contribution is 5.67. The van der Waals surface area contributed by atoms with Crippen LogP contribution < -0.4 is 4.74 Å². The second-order valence-electron chi connectivity index (χ2n) is 5.76. The lowest BCUT2D eigenvalue weighted by Crippen LogP contribution is -2.31. The summed E-state index contributed by atoms with van der Waals surface area (Å²) in [4.78, 5) is 0. The fraction of sp³-hybridized carbons (Fsp3) is 0.412. The van der Waals surface area contributed by atoms with E-state index in [1.54, 1.807) is 6.07 Å². The fourth-order valence-electron chi connectivity index (χ4n) is 2.32. The lowest BCUT2D eigenvalue weighted by molar-refractivity contribution is 0.128. The van der Waals surface area contributed by atoms with Gasteiger partial charge in [0.25, 0.3) is 0 Å². The van der Waals surface area contributed by atoms with E-state index < -0.39 is 0 Å². The monoisotopic (exact) mass is 258 g/mol. The number of aromatic hydroxyl groups is 1. The van der Waals surface area contributed by atoms with E-state index in [0.29, 0.717) is 0 Å². The highest BCUT2D eigenvalue weighted by atomic mass is 16.5. The molecular formula is C17H22O2. The SMILES string of the molecule is CC(C)=CCCC1(C)C=Cc2c(O)cc(C)cc2O1. The number of hydrogen-bond donors (Lipinski definition) is 1. The van der Waals surface area contributed by atoms with Gasteiger partial charge in [-0.15, -0.1) is 0 Å². The molecule has 1 aliphatic heterocycles. The van der Waals surface area contributed by atoms with Gasteiger partial charge in [0.1, 0.15) is 17.1 Å². The Kier molecular flexibility index (Phi) is 3.70. The van der Waals surface area contributed by atoms with Crippen LogP contribution in [0.25, 0.3) is 6.08 Å². The zero-order valence-electron chi connectivity index (χ0n) is 12.2. The van der Waals surface area contributed by atoms with E-state index >= 15 is 0 Å². The van der Waals surface area contributed by atoms with Crippen LogP contribution in [0.4, 0.5) is 0 Å². The minimum Gasteiger partial charge on any atom is -0.507 e. The molecule has 1 atom stereocenters. The summed E-state index contributed by atoms with van der Waals surface area (Å²) in [6.07, 6.45) is 8.17. The topological polar surface area (TPSA) is 29.5 Å². The van der Waals surface area contributed by atoms with Gasteiger partial charge in [0.05, 0.1) is 5.56 Å². The number of aryl methyl sites for hydroxylation is 1. The molecule has 0 aliphatic carbocycles. The van der Waals surface area contributed by atoms with Crippen LogP contribution in [0.2, 0.25) is 0 Å². The van der Waals surface area contributed by atoms with Crippen molar-refractivity contribution in [3.8, 4) is 11.5 Å². The largest absolute Gasteiger partial charge is 0.507 e. The summed E-state index contributed by atoms with van der Waals surface area (Å²) < 4.78 is 6.09. The molecule has 1 heterocycles. The number of phenolic OH excluding ortho intramolecular Hbond substituents is 1. The third kappa shape index (κ3) is 3.19. The van der Waals surface area contributed by atoms with Gasteiger partial charge in [-0.25, -0.2) is 0 Å². The van der Waals surface area contributed by atoms with Gasteiger partial charge in [-0.1, -0.05) is 11.6 Å². The standard InChI is InChI=1S/C17H22O2/c1-12(2)6-5-8-17(4)9-7-14-15(18)10-13(3)11-16(14)19-17/h6-7,9-11,18H,5,8H2,1-4H3. The third-order valence-electron chi connectivity index (χ3n) is 3.40. The summed E-state index contributed by atoms with van der Waals surface area (Å²) in [5.74, 6) is 1.07. The Morgan fingerprint density at radius 2 is 2.11 bits per heavy atom. The van der Waals surface area contributed by atoms with Gasteiger partial charge in [0, 0.05) is 0 Å². The Balaban J connectivity index is 2.20. The minimum atomic E-state index is -0.292. The summed E-state index contributed by atoms with van der Waals surface area (Å²) in [6, 6.07) is 3.75. The molecule has 0 amide bonds. The molecule has 0 saturated heterocycles. The van der Waals surface area contributed by atoms with Crippen molar-refractivity contribution in [1.82, 2.24) is 0 Å². The second kappa shape index (κ2) is 5.12. The van der Waals surface area contributed by atoms with Crippen LogP contribution in [0.5, 0.6) is 11.5 Å².